The number of H-pyrrole nitrogens is 1. The van der Waals surface area contributed by atoms with Crippen LogP contribution in [-0.4, -0.2) is 27.1 Å². The van der Waals surface area contributed by atoms with Crippen molar-refractivity contribution in [1.29, 1.82) is 0 Å². The van der Waals surface area contributed by atoms with Gasteiger partial charge in [-0.2, -0.15) is 0 Å². The van der Waals surface area contributed by atoms with Gasteiger partial charge in [-0.3, -0.25) is 4.57 Å². The van der Waals surface area contributed by atoms with E-state index in [1.165, 1.54) is 11.8 Å². The summed E-state index contributed by atoms with van der Waals surface area (Å²) < 4.78 is 8.27. The van der Waals surface area contributed by atoms with E-state index in [1.807, 2.05) is 38.1 Å². The van der Waals surface area contributed by atoms with E-state index in [4.69, 9.17) is 4.74 Å². The Labute approximate surface area is 129 Å². The molecule has 0 saturated heterocycles. The van der Waals surface area contributed by atoms with Crippen molar-refractivity contribution in [1.82, 2.24) is 14.8 Å². The summed E-state index contributed by atoms with van der Waals surface area (Å²) in [4.78, 5) is 11.6. The molecule has 1 N–H and O–H groups in total. The monoisotopic (exact) mass is 357 g/mol. The lowest BCUT2D eigenvalue weighted by Crippen LogP contribution is -2.19. The highest BCUT2D eigenvalue weighted by molar-refractivity contribution is 9.10. The Balaban J connectivity index is 1.86. The molecule has 0 atom stereocenters. The van der Waals surface area contributed by atoms with Crippen molar-refractivity contribution in [3.05, 3.63) is 39.2 Å². The molecule has 1 heterocycles. The van der Waals surface area contributed by atoms with Crippen molar-refractivity contribution >= 4 is 27.7 Å². The van der Waals surface area contributed by atoms with E-state index in [9.17, 15) is 4.79 Å². The van der Waals surface area contributed by atoms with Gasteiger partial charge in [0.15, 0.2) is 5.16 Å². The summed E-state index contributed by atoms with van der Waals surface area (Å²) in [5.74, 6) is 1.55. The summed E-state index contributed by atoms with van der Waals surface area (Å²) in [6, 6.07) is 7.80. The largest absolute Gasteiger partial charge is 0.493 e. The summed E-state index contributed by atoms with van der Waals surface area (Å²) in [5.41, 5.74) is -0.171. The Morgan fingerprint density at radius 2 is 2.30 bits per heavy atom. The number of aromatic amines is 1. The first-order valence-electron chi connectivity index (χ1n) is 6.26. The van der Waals surface area contributed by atoms with Crippen LogP contribution in [0.3, 0.4) is 0 Å². The van der Waals surface area contributed by atoms with E-state index >= 15 is 0 Å². The minimum absolute atomic E-state index is 0.0924. The molecule has 20 heavy (non-hydrogen) atoms. The predicted octanol–water partition coefficient (Wildman–Crippen LogP) is 3.09. The molecule has 0 fully saturated rings. The summed E-state index contributed by atoms with van der Waals surface area (Å²) in [5, 5.41) is 7.19. The highest BCUT2D eigenvalue weighted by Crippen LogP contribution is 2.19. The van der Waals surface area contributed by atoms with Crippen molar-refractivity contribution in [3.63, 3.8) is 0 Å². The molecule has 0 radical (unpaired) electrons. The minimum atomic E-state index is -0.171. The summed E-state index contributed by atoms with van der Waals surface area (Å²) in [7, 11) is 0. The molecule has 0 spiro atoms. The average molecular weight is 358 g/mol. The molecule has 1 aromatic carbocycles. The van der Waals surface area contributed by atoms with E-state index in [0.29, 0.717) is 11.8 Å². The molecular weight excluding hydrogens is 342 g/mol. The number of rotatable bonds is 6. The van der Waals surface area contributed by atoms with Crippen LogP contribution in [0.15, 0.2) is 38.7 Å². The molecule has 2 rings (SSSR count). The fourth-order valence-corrected chi connectivity index (χ4v) is 2.97. The van der Waals surface area contributed by atoms with Crippen LogP contribution in [0.25, 0.3) is 0 Å². The Hall–Kier alpha value is -1.21. The molecule has 0 bridgehead atoms. The Kier molecular flexibility index (Phi) is 5.31. The van der Waals surface area contributed by atoms with E-state index < -0.39 is 0 Å². The normalized spacial score (nSPS) is 11.0. The van der Waals surface area contributed by atoms with E-state index in [1.54, 1.807) is 4.57 Å². The first-order chi connectivity index (χ1) is 9.58. The van der Waals surface area contributed by atoms with Crippen LogP contribution in [-0.2, 0) is 0 Å². The second-order valence-corrected chi connectivity index (χ2v) is 6.41. The number of nitrogens with zero attached hydrogens (tertiary/aromatic N) is 2. The predicted molar refractivity (Wildman–Crippen MR) is 83.6 cm³/mol. The molecule has 0 aliphatic carbocycles. The van der Waals surface area contributed by atoms with Gasteiger partial charge in [0.1, 0.15) is 5.75 Å². The maximum atomic E-state index is 11.6. The quantitative estimate of drug-likeness (QED) is 0.637. The van der Waals surface area contributed by atoms with Gasteiger partial charge in [-0.15, -0.1) is 5.10 Å². The van der Waals surface area contributed by atoms with Crippen molar-refractivity contribution in [2.24, 2.45) is 0 Å². The highest BCUT2D eigenvalue weighted by atomic mass is 79.9. The topological polar surface area (TPSA) is 59.9 Å². The van der Waals surface area contributed by atoms with Gasteiger partial charge in [0.2, 0.25) is 0 Å². The molecule has 2 aromatic rings. The van der Waals surface area contributed by atoms with Crippen LogP contribution in [0.4, 0.5) is 0 Å². The number of halogens is 1. The zero-order valence-electron chi connectivity index (χ0n) is 11.3. The van der Waals surface area contributed by atoms with Gasteiger partial charge in [0.25, 0.3) is 0 Å². The first kappa shape index (κ1) is 15.2. The number of nitrogens with one attached hydrogen (secondary N) is 1. The van der Waals surface area contributed by atoms with E-state index in [-0.39, 0.29) is 11.7 Å². The molecule has 5 nitrogen and oxygen atoms in total. The molecule has 0 unspecified atom stereocenters. The van der Waals surface area contributed by atoms with Gasteiger partial charge in [0.05, 0.1) is 6.61 Å². The molecule has 7 heteroatoms. The number of aromatic nitrogens is 3. The third kappa shape index (κ3) is 3.89. The Bertz CT molecular complexity index is 624. The number of hydrogen-bond donors (Lipinski definition) is 1. The third-order valence-corrected chi connectivity index (χ3v) is 3.98. The lowest BCUT2D eigenvalue weighted by Gasteiger charge is -2.09. The van der Waals surface area contributed by atoms with Gasteiger partial charge in [-0.1, -0.05) is 33.8 Å². The average Bonchev–Trinajstić information content (AvgIpc) is 2.76. The van der Waals surface area contributed by atoms with Crippen LogP contribution in [0.2, 0.25) is 0 Å². The minimum Gasteiger partial charge on any atom is -0.493 e. The van der Waals surface area contributed by atoms with E-state index in [2.05, 4.69) is 26.1 Å². The molecule has 0 aliphatic heterocycles. The number of benzene rings is 1. The number of hydrogen-bond acceptors (Lipinski definition) is 4. The number of ether oxygens (including phenoxy) is 1. The van der Waals surface area contributed by atoms with Gasteiger partial charge in [0, 0.05) is 16.3 Å². The maximum absolute atomic E-state index is 11.6. The van der Waals surface area contributed by atoms with Crippen molar-refractivity contribution in [2.45, 2.75) is 25.0 Å². The molecule has 0 aliphatic rings. The van der Waals surface area contributed by atoms with Gasteiger partial charge in [-0.05, 0) is 32.0 Å². The van der Waals surface area contributed by atoms with Crippen LogP contribution < -0.4 is 10.4 Å². The second kappa shape index (κ2) is 6.99. The van der Waals surface area contributed by atoms with Gasteiger partial charge >= 0.3 is 5.69 Å². The van der Waals surface area contributed by atoms with Crippen molar-refractivity contribution in [2.75, 3.05) is 12.4 Å². The van der Waals surface area contributed by atoms with E-state index in [0.717, 1.165) is 16.0 Å². The van der Waals surface area contributed by atoms with Crippen LogP contribution in [0.1, 0.15) is 19.9 Å². The summed E-state index contributed by atoms with van der Waals surface area (Å²) >= 11 is 4.90. The fraction of sp³-hybridized carbons (Fsp3) is 0.385. The zero-order chi connectivity index (χ0) is 14.5. The Morgan fingerprint density at radius 1 is 1.50 bits per heavy atom. The second-order valence-electron chi connectivity index (χ2n) is 4.43. The third-order valence-electron chi connectivity index (χ3n) is 2.57. The first-order valence-corrected chi connectivity index (χ1v) is 8.04. The SMILES string of the molecule is CC(C)n1c(SCCOc2cccc(Br)c2)n[nH]c1=O. The van der Waals surface area contributed by atoms with Crippen molar-refractivity contribution in [3.8, 4) is 5.75 Å². The lowest BCUT2D eigenvalue weighted by molar-refractivity contribution is 0.343. The zero-order valence-corrected chi connectivity index (χ0v) is 13.7. The molecule has 0 saturated carbocycles. The fourth-order valence-electron chi connectivity index (χ4n) is 1.70. The highest BCUT2D eigenvalue weighted by Gasteiger charge is 2.11. The molecule has 0 amide bonds. The smallest absolute Gasteiger partial charge is 0.344 e. The molecule has 1 aromatic heterocycles. The maximum Gasteiger partial charge on any atom is 0.344 e. The van der Waals surface area contributed by atoms with Gasteiger partial charge < -0.3 is 4.74 Å². The summed E-state index contributed by atoms with van der Waals surface area (Å²) in [6.45, 7) is 4.47. The van der Waals surface area contributed by atoms with Gasteiger partial charge in [-0.25, -0.2) is 9.89 Å². The standard InChI is InChI=1S/C13H16BrN3O2S/c1-9(2)17-12(18)15-16-13(17)20-7-6-19-11-5-3-4-10(14)8-11/h3-5,8-9H,6-7H2,1-2H3,(H,15,18). The number of thioether (sulfide) groups is 1. The van der Waals surface area contributed by atoms with Crippen LogP contribution in [0, 0.1) is 0 Å². The van der Waals surface area contributed by atoms with Crippen LogP contribution in [0.5, 0.6) is 5.75 Å². The Morgan fingerprint density at radius 3 is 3.00 bits per heavy atom. The molecular formula is C13H16BrN3O2S. The van der Waals surface area contributed by atoms with Crippen LogP contribution >= 0.6 is 27.7 Å². The van der Waals surface area contributed by atoms with Crippen molar-refractivity contribution < 1.29 is 4.74 Å². The lowest BCUT2D eigenvalue weighted by atomic mass is 10.3. The summed E-state index contributed by atoms with van der Waals surface area (Å²) in [6.07, 6.45) is 0. The molecule has 108 valence electrons.